The van der Waals surface area contributed by atoms with Crippen LogP contribution in [0.4, 0.5) is 11.4 Å². The highest BCUT2D eigenvalue weighted by Crippen LogP contribution is 2.33. The van der Waals surface area contributed by atoms with Gasteiger partial charge in [-0.2, -0.15) is 0 Å². The number of nitrogens with two attached hydrogens (primary N) is 1. The maximum absolute atomic E-state index is 6.23. The molecule has 1 aliphatic heterocycles. The molecule has 0 amide bonds. The molecule has 1 aromatic heterocycles. The van der Waals surface area contributed by atoms with Crippen LogP contribution in [0, 0.1) is 0 Å². The molecule has 1 aromatic carbocycles. The van der Waals surface area contributed by atoms with Crippen molar-refractivity contribution in [3.05, 3.63) is 28.9 Å². The zero-order valence-corrected chi connectivity index (χ0v) is 14.1. The zero-order valence-electron chi connectivity index (χ0n) is 12.5. The predicted octanol–water partition coefficient (Wildman–Crippen LogP) is 3.11. The normalized spacial score (nSPS) is 16.9. The van der Waals surface area contributed by atoms with Crippen molar-refractivity contribution in [3.8, 4) is 0 Å². The molecule has 2 heterocycles. The number of fused-ring (bicyclic) bond motifs is 1. The third-order valence-electron chi connectivity index (χ3n) is 4.19. The molecule has 21 heavy (non-hydrogen) atoms. The molecule has 1 saturated heterocycles. The Morgan fingerprint density at radius 1 is 1.19 bits per heavy atom. The summed E-state index contributed by atoms with van der Waals surface area (Å²) in [6.45, 7) is 8.68. The van der Waals surface area contributed by atoms with Gasteiger partial charge in [0, 0.05) is 42.1 Å². The van der Waals surface area contributed by atoms with Crippen molar-refractivity contribution in [2.45, 2.75) is 19.9 Å². The van der Waals surface area contributed by atoms with Gasteiger partial charge in [-0.15, -0.1) is 0 Å². The molecular formula is C16H21BrN4. The summed E-state index contributed by atoms with van der Waals surface area (Å²) in [6.07, 6.45) is 1.78. The number of benzene rings is 1. The number of rotatable bonds is 2. The summed E-state index contributed by atoms with van der Waals surface area (Å²) in [6, 6.07) is 6.77. The average Bonchev–Trinajstić information content (AvgIpc) is 2.47. The van der Waals surface area contributed by atoms with Crippen LogP contribution in [0.15, 0.2) is 28.9 Å². The number of hydrogen-bond donors (Lipinski definition) is 1. The van der Waals surface area contributed by atoms with Gasteiger partial charge in [-0.3, -0.25) is 9.88 Å². The Morgan fingerprint density at radius 2 is 1.90 bits per heavy atom. The highest BCUT2D eigenvalue weighted by molar-refractivity contribution is 9.10. The molecule has 3 rings (SSSR count). The summed E-state index contributed by atoms with van der Waals surface area (Å²) >= 11 is 3.55. The third kappa shape index (κ3) is 2.85. The molecule has 0 atom stereocenters. The Bertz CT molecular complexity index is 643. The van der Waals surface area contributed by atoms with E-state index in [1.165, 1.54) is 0 Å². The molecule has 1 aliphatic rings. The number of aromatic nitrogens is 1. The number of hydrogen-bond acceptors (Lipinski definition) is 4. The van der Waals surface area contributed by atoms with Crippen LogP contribution in [0.5, 0.6) is 0 Å². The lowest BCUT2D eigenvalue weighted by Crippen LogP contribution is -2.49. The summed E-state index contributed by atoms with van der Waals surface area (Å²) < 4.78 is 1.06. The van der Waals surface area contributed by atoms with Gasteiger partial charge in [0.15, 0.2) is 0 Å². The van der Waals surface area contributed by atoms with Gasteiger partial charge in [0.2, 0.25) is 0 Å². The molecule has 4 nitrogen and oxygen atoms in total. The van der Waals surface area contributed by atoms with Crippen LogP contribution >= 0.6 is 15.9 Å². The maximum Gasteiger partial charge on any atom is 0.0745 e. The Morgan fingerprint density at radius 3 is 2.57 bits per heavy atom. The van der Waals surface area contributed by atoms with Crippen LogP contribution in [-0.2, 0) is 0 Å². The number of nitrogen functional groups attached to an aromatic ring is 1. The van der Waals surface area contributed by atoms with Crippen LogP contribution in [0.1, 0.15) is 13.8 Å². The second-order valence-corrected chi connectivity index (χ2v) is 6.76. The molecule has 0 spiro atoms. The van der Waals surface area contributed by atoms with Gasteiger partial charge in [-0.1, -0.05) is 15.9 Å². The van der Waals surface area contributed by atoms with E-state index in [0.29, 0.717) is 6.04 Å². The van der Waals surface area contributed by atoms with Gasteiger partial charge >= 0.3 is 0 Å². The zero-order chi connectivity index (χ0) is 15.0. The van der Waals surface area contributed by atoms with Crippen LogP contribution < -0.4 is 10.6 Å². The molecule has 0 radical (unpaired) electrons. The number of nitrogens with zero attached hydrogens (tertiary/aromatic N) is 3. The van der Waals surface area contributed by atoms with Crippen molar-refractivity contribution >= 4 is 38.2 Å². The summed E-state index contributed by atoms with van der Waals surface area (Å²) in [4.78, 5) is 9.34. The molecule has 0 aliphatic carbocycles. The quantitative estimate of drug-likeness (QED) is 0.905. The van der Waals surface area contributed by atoms with Gasteiger partial charge in [-0.25, -0.2) is 0 Å². The maximum atomic E-state index is 6.23. The minimum absolute atomic E-state index is 0.604. The van der Waals surface area contributed by atoms with E-state index in [9.17, 15) is 0 Å². The van der Waals surface area contributed by atoms with Crippen molar-refractivity contribution in [1.82, 2.24) is 9.88 Å². The molecule has 0 unspecified atom stereocenters. The molecule has 2 N–H and O–H groups in total. The molecule has 2 aromatic rings. The number of pyridine rings is 1. The predicted molar refractivity (Wildman–Crippen MR) is 92.8 cm³/mol. The van der Waals surface area contributed by atoms with Gasteiger partial charge in [0.25, 0.3) is 0 Å². The van der Waals surface area contributed by atoms with Gasteiger partial charge in [0.1, 0.15) is 0 Å². The van der Waals surface area contributed by atoms with E-state index in [2.05, 4.69) is 50.6 Å². The first-order valence-electron chi connectivity index (χ1n) is 7.39. The largest absolute Gasteiger partial charge is 0.396 e. The lowest BCUT2D eigenvalue weighted by Gasteiger charge is -2.38. The second kappa shape index (κ2) is 5.81. The monoisotopic (exact) mass is 348 g/mol. The fraction of sp³-hybridized carbons (Fsp3) is 0.438. The highest BCUT2D eigenvalue weighted by Gasteiger charge is 2.22. The third-order valence-corrected chi connectivity index (χ3v) is 4.68. The first kappa shape index (κ1) is 14.6. The lowest BCUT2D eigenvalue weighted by atomic mass is 10.1. The average molecular weight is 349 g/mol. The lowest BCUT2D eigenvalue weighted by molar-refractivity contribution is 0.209. The van der Waals surface area contributed by atoms with Gasteiger partial charge in [0.05, 0.1) is 23.1 Å². The Hall–Kier alpha value is -1.33. The van der Waals surface area contributed by atoms with E-state index in [0.717, 1.165) is 52.9 Å². The van der Waals surface area contributed by atoms with Crippen molar-refractivity contribution < 1.29 is 0 Å². The number of piperazine rings is 1. The van der Waals surface area contributed by atoms with E-state index < -0.39 is 0 Å². The van der Waals surface area contributed by atoms with Crippen LogP contribution in [-0.4, -0.2) is 42.1 Å². The summed E-state index contributed by atoms with van der Waals surface area (Å²) in [5, 5.41) is 1.13. The van der Waals surface area contributed by atoms with E-state index in [4.69, 9.17) is 5.73 Å². The van der Waals surface area contributed by atoms with E-state index in [1.54, 1.807) is 6.20 Å². The number of anilines is 2. The van der Waals surface area contributed by atoms with E-state index >= 15 is 0 Å². The topological polar surface area (TPSA) is 45.4 Å². The Balaban J connectivity index is 1.97. The van der Waals surface area contributed by atoms with Crippen molar-refractivity contribution in [1.29, 1.82) is 0 Å². The number of halogens is 1. The minimum atomic E-state index is 0.604. The summed E-state index contributed by atoms with van der Waals surface area (Å²) in [5.41, 5.74) is 9.12. The van der Waals surface area contributed by atoms with E-state index in [1.807, 2.05) is 12.1 Å². The molecule has 0 bridgehead atoms. The SMILES string of the molecule is CC(C)N1CCN(c2c(N)cnc3ccc(Br)cc23)CC1. The fourth-order valence-electron chi connectivity index (χ4n) is 2.98. The van der Waals surface area contributed by atoms with Crippen molar-refractivity contribution in [2.75, 3.05) is 36.8 Å². The smallest absolute Gasteiger partial charge is 0.0745 e. The molecule has 0 saturated carbocycles. The van der Waals surface area contributed by atoms with Gasteiger partial charge in [-0.05, 0) is 32.0 Å². The fourth-order valence-corrected chi connectivity index (χ4v) is 3.34. The molecule has 1 fully saturated rings. The minimum Gasteiger partial charge on any atom is -0.396 e. The Labute approximate surface area is 134 Å². The highest BCUT2D eigenvalue weighted by atomic mass is 79.9. The molecular weight excluding hydrogens is 328 g/mol. The molecule has 112 valence electrons. The van der Waals surface area contributed by atoms with Crippen LogP contribution in [0.3, 0.4) is 0 Å². The Kier molecular flexibility index (Phi) is 4.04. The van der Waals surface area contributed by atoms with Gasteiger partial charge < -0.3 is 10.6 Å². The standard InChI is InChI=1S/C16H21BrN4/c1-11(2)20-5-7-21(8-6-20)16-13-9-12(17)3-4-15(13)19-10-14(16)18/h3-4,9-11H,5-8,18H2,1-2H3. The summed E-state index contributed by atoms with van der Waals surface area (Å²) in [5.74, 6) is 0. The van der Waals surface area contributed by atoms with E-state index in [-0.39, 0.29) is 0 Å². The van der Waals surface area contributed by atoms with Crippen molar-refractivity contribution in [3.63, 3.8) is 0 Å². The van der Waals surface area contributed by atoms with Crippen LogP contribution in [0.25, 0.3) is 10.9 Å². The molecule has 5 heteroatoms. The second-order valence-electron chi connectivity index (χ2n) is 5.84. The summed E-state index contributed by atoms with van der Waals surface area (Å²) in [7, 11) is 0. The first-order chi connectivity index (χ1) is 10.1. The van der Waals surface area contributed by atoms with Crippen LogP contribution in [0.2, 0.25) is 0 Å². The van der Waals surface area contributed by atoms with Crippen molar-refractivity contribution in [2.24, 2.45) is 0 Å². The first-order valence-corrected chi connectivity index (χ1v) is 8.18.